The maximum absolute atomic E-state index is 13.8. The molecule has 1 unspecified atom stereocenters. The molecule has 1 aromatic carbocycles. The van der Waals surface area contributed by atoms with Crippen molar-refractivity contribution in [3.05, 3.63) is 29.6 Å². The molecule has 1 N–H and O–H groups in total. The molecule has 0 fully saturated rings. The van der Waals surface area contributed by atoms with Gasteiger partial charge in [0.05, 0.1) is 12.3 Å². The highest BCUT2D eigenvalue weighted by Crippen LogP contribution is 2.26. The quantitative estimate of drug-likeness (QED) is 0.832. The first-order valence-corrected chi connectivity index (χ1v) is 5.80. The summed E-state index contributed by atoms with van der Waals surface area (Å²) in [6, 6.07) is 5.12. The van der Waals surface area contributed by atoms with Crippen LogP contribution in [0.3, 0.4) is 0 Å². The summed E-state index contributed by atoms with van der Waals surface area (Å²) >= 11 is 0. The van der Waals surface area contributed by atoms with Crippen molar-refractivity contribution in [1.29, 1.82) is 0 Å². The van der Waals surface area contributed by atoms with Gasteiger partial charge in [0.2, 0.25) is 0 Å². The Morgan fingerprint density at radius 1 is 1.38 bits per heavy atom. The molecule has 0 aliphatic rings. The van der Waals surface area contributed by atoms with E-state index in [1.54, 1.807) is 12.1 Å². The fourth-order valence-electron chi connectivity index (χ4n) is 1.92. The van der Waals surface area contributed by atoms with Crippen LogP contribution in [0.1, 0.15) is 32.8 Å². The highest BCUT2D eigenvalue weighted by molar-refractivity contribution is 5.55. The number of aliphatic hydroxyl groups is 1. The molecule has 0 bridgehead atoms. The topological polar surface area (TPSA) is 23.5 Å². The highest BCUT2D eigenvalue weighted by Gasteiger charge is 2.18. The molecular formula is C13H20FNO. The Morgan fingerprint density at radius 2 is 2.06 bits per heavy atom. The molecule has 0 aliphatic carbocycles. The average molecular weight is 225 g/mol. The maximum atomic E-state index is 13.8. The molecule has 2 nitrogen and oxygen atoms in total. The number of aliphatic hydroxyl groups excluding tert-OH is 1. The minimum Gasteiger partial charge on any atom is -0.392 e. The molecule has 0 aliphatic heterocycles. The molecular weight excluding hydrogens is 205 g/mol. The van der Waals surface area contributed by atoms with Gasteiger partial charge in [-0.3, -0.25) is 0 Å². The Balaban J connectivity index is 3.17. The number of anilines is 1. The van der Waals surface area contributed by atoms with Crippen molar-refractivity contribution in [2.75, 3.05) is 11.4 Å². The summed E-state index contributed by atoms with van der Waals surface area (Å²) in [5, 5.41) is 9.25. The normalized spacial score (nSPS) is 12.6. The van der Waals surface area contributed by atoms with Crippen LogP contribution in [0.2, 0.25) is 0 Å². The van der Waals surface area contributed by atoms with Crippen LogP contribution in [0.15, 0.2) is 18.2 Å². The monoisotopic (exact) mass is 225 g/mol. The summed E-state index contributed by atoms with van der Waals surface area (Å²) in [4.78, 5) is 2.00. The van der Waals surface area contributed by atoms with Gasteiger partial charge >= 0.3 is 0 Å². The van der Waals surface area contributed by atoms with Crippen LogP contribution in [-0.4, -0.2) is 17.7 Å². The van der Waals surface area contributed by atoms with Crippen LogP contribution < -0.4 is 4.90 Å². The summed E-state index contributed by atoms with van der Waals surface area (Å²) in [7, 11) is 0. The lowest BCUT2D eigenvalue weighted by molar-refractivity contribution is 0.281. The van der Waals surface area contributed by atoms with Crippen LogP contribution in [0.4, 0.5) is 10.1 Å². The van der Waals surface area contributed by atoms with Crippen molar-refractivity contribution in [3.8, 4) is 0 Å². The Kier molecular flexibility index (Phi) is 4.74. The highest BCUT2D eigenvalue weighted by atomic mass is 19.1. The summed E-state index contributed by atoms with van der Waals surface area (Å²) in [6.45, 7) is 6.76. The lowest BCUT2D eigenvalue weighted by Gasteiger charge is -2.31. The van der Waals surface area contributed by atoms with E-state index in [2.05, 4.69) is 13.8 Å². The summed E-state index contributed by atoms with van der Waals surface area (Å²) in [5.41, 5.74) is 1.20. The Bertz CT molecular complexity index is 341. The second-order valence-electron chi connectivity index (χ2n) is 3.95. The number of nitrogens with zero attached hydrogens (tertiary/aromatic N) is 1. The molecule has 16 heavy (non-hydrogen) atoms. The third kappa shape index (κ3) is 2.53. The zero-order chi connectivity index (χ0) is 12.1. The van der Waals surface area contributed by atoms with Crippen molar-refractivity contribution in [1.82, 2.24) is 0 Å². The number of hydrogen-bond acceptors (Lipinski definition) is 2. The molecule has 1 rings (SSSR count). The van der Waals surface area contributed by atoms with Gasteiger partial charge in [0, 0.05) is 18.2 Å². The van der Waals surface area contributed by atoms with Gasteiger partial charge < -0.3 is 10.0 Å². The Hall–Kier alpha value is -1.09. The fraction of sp³-hybridized carbons (Fsp3) is 0.538. The predicted molar refractivity (Wildman–Crippen MR) is 65.1 cm³/mol. The number of hydrogen-bond donors (Lipinski definition) is 1. The van der Waals surface area contributed by atoms with E-state index in [9.17, 15) is 9.50 Å². The predicted octanol–water partition coefficient (Wildman–Crippen LogP) is 2.94. The molecule has 0 radical (unpaired) electrons. The third-order valence-corrected chi connectivity index (χ3v) is 2.99. The van der Waals surface area contributed by atoms with E-state index in [1.165, 1.54) is 6.07 Å². The van der Waals surface area contributed by atoms with Crippen LogP contribution >= 0.6 is 0 Å². The molecule has 0 spiro atoms. The van der Waals surface area contributed by atoms with Crippen molar-refractivity contribution in [3.63, 3.8) is 0 Å². The van der Waals surface area contributed by atoms with Crippen molar-refractivity contribution >= 4 is 5.69 Å². The van der Waals surface area contributed by atoms with Crippen LogP contribution in [0.25, 0.3) is 0 Å². The summed E-state index contributed by atoms with van der Waals surface area (Å²) in [5.74, 6) is -0.256. The number of rotatable bonds is 5. The smallest absolute Gasteiger partial charge is 0.146 e. The average Bonchev–Trinajstić information content (AvgIpc) is 2.31. The molecule has 0 aromatic heterocycles. The Morgan fingerprint density at radius 3 is 2.56 bits per heavy atom. The number of benzene rings is 1. The standard InChI is InChI=1S/C13H20FNO/c1-4-10(3)15(5-2)13-11(9-16)7-6-8-12(13)14/h6-8,10,16H,4-5,9H2,1-3H3. The molecule has 0 amide bonds. The molecule has 1 atom stereocenters. The van der Waals surface area contributed by atoms with Crippen molar-refractivity contribution < 1.29 is 9.50 Å². The largest absolute Gasteiger partial charge is 0.392 e. The first-order chi connectivity index (χ1) is 7.65. The van der Waals surface area contributed by atoms with Gasteiger partial charge in [0.15, 0.2) is 0 Å². The third-order valence-electron chi connectivity index (χ3n) is 2.99. The van der Waals surface area contributed by atoms with E-state index in [0.29, 0.717) is 11.3 Å². The number of para-hydroxylation sites is 1. The zero-order valence-corrected chi connectivity index (χ0v) is 10.2. The van der Waals surface area contributed by atoms with Crippen molar-refractivity contribution in [2.45, 2.75) is 39.8 Å². The SMILES string of the molecule is CCC(C)N(CC)c1c(F)cccc1CO. The molecule has 0 saturated heterocycles. The minimum atomic E-state index is -0.256. The van der Waals surface area contributed by atoms with Crippen molar-refractivity contribution in [2.24, 2.45) is 0 Å². The molecule has 0 heterocycles. The molecule has 1 aromatic rings. The maximum Gasteiger partial charge on any atom is 0.146 e. The van der Waals surface area contributed by atoms with Crippen LogP contribution in [0.5, 0.6) is 0 Å². The minimum absolute atomic E-state index is 0.125. The fourth-order valence-corrected chi connectivity index (χ4v) is 1.92. The first-order valence-electron chi connectivity index (χ1n) is 5.80. The summed E-state index contributed by atoms with van der Waals surface area (Å²) in [6.07, 6.45) is 0.951. The van der Waals surface area contributed by atoms with Gasteiger partial charge in [-0.25, -0.2) is 4.39 Å². The van der Waals surface area contributed by atoms with E-state index in [1.807, 2.05) is 11.8 Å². The van der Waals surface area contributed by atoms with E-state index in [-0.39, 0.29) is 18.5 Å². The summed E-state index contributed by atoms with van der Waals surface area (Å²) < 4.78 is 13.8. The van der Waals surface area contributed by atoms with Gasteiger partial charge in [0.1, 0.15) is 5.82 Å². The Labute approximate surface area is 96.7 Å². The van der Waals surface area contributed by atoms with E-state index in [4.69, 9.17) is 0 Å². The van der Waals surface area contributed by atoms with Gasteiger partial charge in [-0.05, 0) is 26.3 Å². The zero-order valence-electron chi connectivity index (χ0n) is 10.2. The van der Waals surface area contributed by atoms with Crippen LogP contribution in [-0.2, 0) is 6.61 Å². The van der Waals surface area contributed by atoms with Gasteiger partial charge in [-0.15, -0.1) is 0 Å². The van der Waals surface area contributed by atoms with Crippen LogP contribution in [0, 0.1) is 5.82 Å². The molecule has 3 heteroatoms. The molecule has 0 saturated carbocycles. The second kappa shape index (κ2) is 5.85. The lowest BCUT2D eigenvalue weighted by Crippen LogP contribution is -2.33. The second-order valence-corrected chi connectivity index (χ2v) is 3.95. The van der Waals surface area contributed by atoms with E-state index < -0.39 is 0 Å². The van der Waals surface area contributed by atoms with Gasteiger partial charge in [0.25, 0.3) is 0 Å². The molecule has 90 valence electrons. The number of halogens is 1. The lowest BCUT2D eigenvalue weighted by atomic mass is 10.1. The van der Waals surface area contributed by atoms with E-state index in [0.717, 1.165) is 13.0 Å². The van der Waals surface area contributed by atoms with Gasteiger partial charge in [-0.2, -0.15) is 0 Å². The first kappa shape index (κ1) is 13.0. The van der Waals surface area contributed by atoms with Gasteiger partial charge in [-0.1, -0.05) is 19.1 Å². The van der Waals surface area contributed by atoms with E-state index >= 15 is 0 Å².